The highest BCUT2D eigenvalue weighted by Crippen LogP contribution is 2.23. The van der Waals surface area contributed by atoms with Crippen molar-refractivity contribution in [1.29, 1.82) is 0 Å². The van der Waals surface area contributed by atoms with Crippen molar-refractivity contribution in [2.24, 2.45) is 11.8 Å². The van der Waals surface area contributed by atoms with Crippen LogP contribution < -0.4 is 10.2 Å². The number of aryl methyl sites for hydroxylation is 1. The lowest BCUT2D eigenvalue weighted by atomic mass is 9.99. The van der Waals surface area contributed by atoms with Gasteiger partial charge in [-0.2, -0.15) is 0 Å². The number of hydrogen-bond donors (Lipinski definition) is 1. The fourth-order valence-electron chi connectivity index (χ4n) is 2.53. The van der Waals surface area contributed by atoms with Crippen LogP contribution in [0.25, 0.3) is 0 Å². The van der Waals surface area contributed by atoms with Gasteiger partial charge in [0.1, 0.15) is 17.5 Å². The molecule has 0 aliphatic carbocycles. The summed E-state index contributed by atoms with van der Waals surface area (Å²) < 4.78 is 0. The largest absolute Gasteiger partial charge is 0.370 e. The number of piperidine rings is 1. The maximum absolute atomic E-state index is 4.60. The van der Waals surface area contributed by atoms with Crippen LogP contribution in [0.1, 0.15) is 45.9 Å². The van der Waals surface area contributed by atoms with Gasteiger partial charge in [-0.25, -0.2) is 9.97 Å². The van der Waals surface area contributed by atoms with Crippen LogP contribution in [-0.4, -0.2) is 29.6 Å². The van der Waals surface area contributed by atoms with Gasteiger partial charge in [0.05, 0.1) is 0 Å². The first-order valence-corrected chi connectivity index (χ1v) is 7.89. The molecule has 0 unspecified atom stereocenters. The maximum atomic E-state index is 4.60. The third kappa shape index (κ3) is 4.36. The number of aromatic nitrogens is 2. The molecule has 2 heterocycles. The lowest BCUT2D eigenvalue weighted by Gasteiger charge is -2.31. The minimum atomic E-state index is 0.716. The van der Waals surface area contributed by atoms with Crippen LogP contribution in [0.4, 0.5) is 11.6 Å². The van der Waals surface area contributed by atoms with Crippen LogP contribution in [0.15, 0.2) is 6.07 Å². The fourth-order valence-corrected chi connectivity index (χ4v) is 2.53. The van der Waals surface area contributed by atoms with Crippen LogP contribution in [-0.2, 0) is 0 Å². The molecule has 0 radical (unpaired) electrons. The Morgan fingerprint density at radius 2 is 2.00 bits per heavy atom. The minimum Gasteiger partial charge on any atom is -0.370 e. The van der Waals surface area contributed by atoms with Crippen molar-refractivity contribution in [2.45, 2.75) is 47.0 Å². The van der Waals surface area contributed by atoms with E-state index >= 15 is 0 Å². The Labute approximate surface area is 123 Å². The zero-order valence-corrected chi connectivity index (χ0v) is 13.3. The number of rotatable bonds is 5. The molecule has 0 aromatic carbocycles. The highest BCUT2D eigenvalue weighted by molar-refractivity contribution is 5.49. The van der Waals surface area contributed by atoms with Gasteiger partial charge in [0.25, 0.3) is 0 Å². The summed E-state index contributed by atoms with van der Waals surface area (Å²) >= 11 is 0. The molecular formula is C16H28N4. The zero-order valence-electron chi connectivity index (χ0n) is 13.3. The predicted molar refractivity (Wildman–Crippen MR) is 85.3 cm³/mol. The van der Waals surface area contributed by atoms with Crippen LogP contribution in [0.5, 0.6) is 0 Å². The summed E-state index contributed by atoms with van der Waals surface area (Å²) in [5, 5.41) is 3.43. The highest BCUT2D eigenvalue weighted by Gasteiger charge is 2.17. The van der Waals surface area contributed by atoms with Crippen molar-refractivity contribution in [3.05, 3.63) is 11.9 Å². The van der Waals surface area contributed by atoms with Crippen molar-refractivity contribution in [3.63, 3.8) is 0 Å². The Morgan fingerprint density at radius 1 is 1.30 bits per heavy atom. The van der Waals surface area contributed by atoms with Gasteiger partial charge in [0, 0.05) is 25.7 Å². The molecule has 0 atom stereocenters. The van der Waals surface area contributed by atoms with Gasteiger partial charge in [-0.15, -0.1) is 0 Å². The molecule has 1 N–H and O–H groups in total. The van der Waals surface area contributed by atoms with Crippen molar-refractivity contribution in [1.82, 2.24) is 9.97 Å². The van der Waals surface area contributed by atoms with E-state index in [1.54, 1.807) is 0 Å². The molecule has 4 nitrogen and oxygen atoms in total. The summed E-state index contributed by atoms with van der Waals surface area (Å²) in [6.07, 6.45) is 3.69. The second kappa shape index (κ2) is 6.91. The van der Waals surface area contributed by atoms with E-state index in [4.69, 9.17) is 0 Å². The first-order chi connectivity index (χ1) is 9.54. The third-order valence-corrected chi connectivity index (χ3v) is 3.96. The summed E-state index contributed by atoms with van der Waals surface area (Å²) in [6, 6.07) is 2.10. The lowest BCUT2D eigenvalue weighted by Crippen LogP contribution is -2.33. The maximum Gasteiger partial charge on any atom is 0.134 e. The lowest BCUT2D eigenvalue weighted by molar-refractivity contribution is 0.436. The molecule has 2 rings (SSSR count). The van der Waals surface area contributed by atoms with E-state index in [0.717, 1.165) is 43.0 Å². The summed E-state index contributed by atoms with van der Waals surface area (Å²) in [7, 11) is 0. The van der Waals surface area contributed by atoms with E-state index in [1.165, 1.54) is 19.3 Å². The van der Waals surface area contributed by atoms with Crippen LogP contribution >= 0.6 is 0 Å². The Kier molecular flexibility index (Phi) is 5.21. The Hall–Kier alpha value is -1.32. The molecule has 0 bridgehead atoms. The number of nitrogens with zero attached hydrogens (tertiary/aromatic N) is 3. The average Bonchev–Trinajstić information content (AvgIpc) is 2.38. The Morgan fingerprint density at radius 3 is 2.65 bits per heavy atom. The molecule has 112 valence electrons. The highest BCUT2D eigenvalue weighted by atomic mass is 15.2. The molecule has 1 aliphatic rings. The number of anilines is 2. The molecule has 1 aliphatic heterocycles. The molecule has 20 heavy (non-hydrogen) atoms. The van der Waals surface area contributed by atoms with E-state index in [2.05, 4.69) is 47.0 Å². The molecule has 1 fully saturated rings. The van der Waals surface area contributed by atoms with E-state index in [9.17, 15) is 0 Å². The topological polar surface area (TPSA) is 41.1 Å². The summed E-state index contributed by atoms with van der Waals surface area (Å²) in [5.41, 5.74) is 0. The van der Waals surface area contributed by atoms with Gasteiger partial charge in [0.15, 0.2) is 0 Å². The zero-order chi connectivity index (χ0) is 14.5. The molecule has 1 saturated heterocycles. The van der Waals surface area contributed by atoms with E-state index in [0.29, 0.717) is 5.92 Å². The molecular weight excluding hydrogens is 248 g/mol. The van der Waals surface area contributed by atoms with Crippen molar-refractivity contribution in [2.75, 3.05) is 29.9 Å². The fraction of sp³-hybridized carbons (Fsp3) is 0.750. The van der Waals surface area contributed by atoms with Gasteiger partial charge in [-0.3, -0.25) is 0 Å². The number of hydrogen-bond acceptors (Lipinski definition) is 4. The molecule has 0 spiro atoms. The van der Waals surface area contributed by atoms with Crippen molar-refractivity contribution >= 4 is 11.6 Å². The summed E-state index contributed by atoms with van der Waals surface area (Å²) in [4.78, 5) is 11.5. The monoisotopic (exact) mass is 276 g/mol. The normalized spacial score (nSPS) is 16.8. The van der Waals surface area contributed by atoms with Gasteiger partial charge < -0.3 is 10.2 Å². The molecule has 1 aromatic rings. The Bertz CT molecular complexity index is 422. The van der Waals surface area contributed by atoms with Crippen LogP contribution in [0.3, 0.4) is 0 Å². The van der Waals surface area contributed by atoms with Crippen molar-refractivity contribution < 1.29 is 0 Å². The van der Waals surface area contributed by atoms with Gasteiger partial charge >= 0.3 is 0 Å². The van der Waals surface area contributed by atoms with E-state index < -0.39 is 0 Å². The first kappa shape index (κ1) is 15.1. The standard InChI is InChI=1S/C16H28N4/c1-12(2)5-8-17-15-11-16(19-14(4)18-15)20-9-6-13(3)7-10-20/h11-13H,5-10H2,1-4H3,(H,17,18,19). The summed E-state index contributed by atoms with van der Waals surface area (Å²) in [6.45, 7) is 12.0. The first-order valence-electron chi connectivity index (χ1n) is 7.89. The molecule has 4 heteroatoms. The average molecular weight is 276 g/mol. The van der Waals surface area contributed by atoms with Gasteiger partial charge in [0.2, 0.25) is 0 Å². The predicted octanol–water partition coefficient (Wildman–Crippen LogP) is 3.48. The summed E-state index contributed by atoms with van der Waals surface area (Å²) in [5.74, 6) is 4.46. The molecule has 1 aromatic heterocycles. The van der Waals surface area contributed by atoms with Gasteiger partial charge in [-0.05, 0) is 38.0 Å². The second-order valence-corrected chi connectivity index (χ2v) is 6.44. The smallest absolute Gasteiger partial charge is 0.134 e. The van der Waals surface area contributed by atoms with Crippen LogP contribution in [0, 0.1) is 18.8 Å². The quantitative estimate of drug-likeness (QED) is 0.894. The molecule has 0 saturated carbocycles. The van der Waals surface area contributed by atoms with Gasteiger partial charge in [-0.1, -0.05) is 20.8 Å². The van der Waals surface area contributed by atoms with E-state index in [-0.39, 0.29) is 0 Å². The Balaban J connectivity index is 2.00. The van der Waals surface area contributed by atoms with Crippen LogP contribution in [0.2, 0.25) is 0 Å². The number of nitrogens with one attached hydrogen (secondary N) is 1. The SMILES string of the molecule is Cc1nc(NCCC(C)C)cc(N2CCC(C)CC2)n1. The second-order valence-electron chi connectivity index (χ2n) is 6.44. The third-order valence-electron chi connectivity index (χ3n) is 3.96. The van der Waals surface area contributed by atoms with Crippen molar-refractivity contribution in [3.8, 4) is 0 Å². The minimum absolute atomic E-state index is 0.716. The molecule has 0 amide bonds. The van der Waals surface area contributed by atoms with E-state index in [1.807, 2.05) is 6.92 Å².